The lowest BCUT2D eigenvalue weighted by molar-refractivity contribution is 0.00452. The molecule has 0 saturated carbocycles. The maximum Gasteiger partial charge on any atom is 0.291 e. The molecule has 1 aromatic carbocycles. The fourth-order valence-electron chi connectivity index (χ4n) is 3.62. The smallest absolute Gasteiger partial charge is 0.291 e. The fraction of sp³-hybridized carbons (Fsp3) is 0.636. The first-order valence-corrected chi connectivity index (χ1v) is 10.6. The summed E-state index contributed by atoms with van der Waals surface area (Å²) in [5, 5.41) is 16.4. The fourth-order valence-corrected chi connectivity index (χ4v) is 3.62. The molecule has 2 N–H and O–H groups in total. The molecule has 6 heteroatoms. The van der Waals surface area contributed by atoms with Crippen LogP contribution in [-0.2, 0) is 9.47 Å². The Bertz CT molecular complexity index is 616. The minimum Gasteiger partial charge on any atom is -0.407 e. The van der Waals surface area contributed by atoms with E-state index in [9.17, 15) is 0 Å². The van der Waals surface area contributed by atoms with E-state index in [1.54, 1.807) is 0 Å². The van der Waals surface area contributed by atoms with Gasteiger partial charge in [-0.25, -0.2) is 0 Å². The second kappa shape index (κ2) is 11.2. The first-order chi connectivity index (χ1) is 13.5. The van der Waals surface area contributed by atoms with E-state index >= 15 is 0 Å². The zero-order valence-electron chi connectivity index (χ0n) is 17.8. The molecule has 0 atom stereocenters. The molecule has 2 heterocycles. The Hall–Kier alpha value is -1.92. The average Bonchev–Trinajstić information content (AvgIpc) is 2.76. The highest BCUT2D eigenvalue weighted by atomic mass is 16.5. The summed E-state index contributed by atoms with van der Waals surface area (Å²) in [5.74, 6) is 0.505. The summed E-state index contributed by atoms with van der Waals surface area (Å²) in [6.07, 6.45) is 2.06. The average molecular weight is 389 g/mol. The number of rotatable bonds is 3. The van der Waals surface area contributed by atoms with Crippen LogP contribution in [0.15, 0.2) is 24.3 Å². The van der Waals surface area contributed by atoms with Gasteiger partial charge in [-0.15, -0.1) is 0 Å². The number of amidine groups is 1. The molecule has 1 aromatic rings. The lowest BCUT2D eigenvalue weighted by Gasteiger charge is -2.40. The van der Waals surface area contributed by atoms with Crippen molar-refractivity contribution in [1.82, 2.24) is 9.80 Å². The van der Waals surface area contributed by atoms with Crippen LogP contribution < -0.4 is 0 Å². The van der Waals surface area contributed by atoms with Crippen LogP contribution in [0.1, 0.15) is 57.6 Å². The summed E-state index contributed by atoms with van der Waals surface area (Å²) >= 11 is 0. The van der Waals surface area contributed by atoms with Crippen LogP contribution in [0.3, 0.4) is 0 Å². The largest absolute Gasteiger partial charge is 0.407 e. The molecule has 6 nitrogen and oxygen atoms in total. The molecule has 156 valence electrons. The summed E-state index contributed by atoms with van der Waals surface area (Å²) < 4.78 is 10.9. The molecule has 2 fully saturated rings. The van der Waals surface area contributed by atoms with E-state index in [4.69, 9.17) is 20.3 Å². The number of hydrogen-bond donors (Lipinski definition) is 2. The van der Waals surface area contributed by atoms with E-state index in [0.717, 1.165) is 52.2 Å². The van der Waals surface area contributed by atoms with Crippen LogP contribution in [0.2, 0.25) is 0 Å². The highest BCUT2D eigenvalue weighted by Crippen LogP contribution is 2.19. The van der Waals surface area contributed by atoms with E-state index in [0.29, 0.717) is 17.5 Å². The SMILES string of the molecule is CC.CC(C)c1ccc(C(=N)OC(=N)N2CCC(N3CCOCC3)CC2)cc1. The Morgan fingerprint density at radius 1 is 1.00 bits per heavy atom. The molecule has 0 radical (unpaired) electrons. The van der Waals surface area contributed by atoms with E-state index in [1.165, 1.54) is 5.56 Å². The third-order valence-corrected chi connectivity index (χ3v) is 5.35. The number of hydrogen-bond acceptors (Lipinski definition) is 5. The van der Waals surface area contributed by atoms with E-state index < -0.39 is 0 Å². The number of morpholine rings is 1. The molecule has 0 aromatic heterocycles. The number of ether oxygens (including phenoxy) is 2. The van der Waals surface area contributed by atoms with Gasteiger partial charge in [-0.1, -0.05) is 39.8 Å². The van der Waals surface area contributed by atoms with Gasteiger partial charge >= 0.3 is 0 Å². The number of nitrogens with zero attached hydrogens (tertiary/aromatic N) is 2. The second-order valence-corrected chi connectivity index (χ2v) is 7.38. The predicted molar refractivity (Wildman–Crippen MR) is 115 cm³/mol. The van der Waals surface area contributed by atoms with Crippen molar-refractivity contribution in [3.63, 3.8) is 0 Å². The van der Waals surface area contributed by atoms with E-state index in [1.807, 2.05) is 43.0 Å². The van der Waals surface area contributed by atoms with Crippen molar-refractivity contribution < 1.29 is 9.47 Å². The van der Waals surface area contributed by atoms with Crippen molar-refractivity contribution in [2.24, 2.45) is 0 Å². The third-order valence-electron chi connectivity index (χ3n) is 5.35. The van der Waals surface area contributed by atoms with Crippen molar-refractivity contribution in [3.05, 3.63) is 35.4 Å². The first-order valence-electron chi connectivity index (χ1n) is 10.6. The molecule has 2 aliphatic rings. The monoisotopic (exact) mass is 388 g/mol. The van der Waals surface area contributed by atoms with Crippen LogP contribution in [0.4, 0.5) is 0 Å². The van der Waals surface area contributed by atoms with Crippen molar-refractivity contribution in [3.8, 4) is 0 Å². The van der Waals surface area contributed by atoms with Gasteiger partial charge in [0.1, 0.15) is 0 Å². The minimum absolute atomic E-state index is 0.0422. The molecule has 0 bridgehead atoms. The molecule has 0 aliphatic carbocycles. The first kappa shape index (κ1) is 22.4. The third kappa shape index (κ3) is 6.04. The van der Waals surface area contributed by atoms with E-state index in [2.05, 4.69) is 18.7 Å². The van der Waals surface area contributed by atoms with Gasteiger partial charge in [0.15, 0.2) is 0 Å². The minimum atomic E-state index is 0.0422. The maximum absolute atomic E-state index is 8.21. The summed E-state index contributed by atoms with van der Waals surface area (Å²) in [4.78, 5) is 4.44. The Kier molecular flexibility index (Phi) is 8.93. The summed E-state index contributed by atoms with van der Waals surface area (Å²) in [6.45, 7) is 13.6. The van der Waals surface area contributed by atoms with Gasteiger partial charge in [-0.05, 0) is 36.5 Å². The predicted octanol–water partition coefficient (Wildman–Crippen LogP) is 3.91. The van der Waals surface area contributed by atoms with Crippen LogP contribution in [0.25, 0.3) is 0 Å². The number of nitrogens with one attached hydrogen (secondary N) is 2. The normalized spacial score (nSPS) is 18.4. The molecule has 28 heavy (non-hydrogen) atoms. The van der Waals surface area contributed by atoms with Gasteiger partial charge in [0.05, 0.1) is 13.2 Å². The van der Waals surface area contributed by atoms with Crippen LogP contribution in [0, 0.1) is 10.8 Å². The Morgan fingerprint density at radius 3 is 2.11 bits per heavy atom. The van der Waals surface area contributed by atoms with Gasteiger partial charge in [-0.3, -0.25) is 15.7 Å². The molecule has 0 spiro atoms. The zero-order valence-corrected chi connectivity index (χ0v) is 17.8. The number of piperidine rings is 1. The van der Waals surface area contributed by atoms with Crippen LogP contribution in [0.5, 0.6) is 0 Å². The number of benzene rings is 1. The second-order valence-electron chi connectivity index (χ2n) is 7.38. The molecule has 0 amide bonds. The topological polar surface area (TPSA) is 72.6 Å². The summed E-state index contributed by atoms with van der Waals surface area (Å²) in [5.41, 5.74) is 1.95. The maximum atomic E-state index is 8.21. The van der Waals surface area contributed by atoms with E-state index in [-0.39, 0.29) is 11.9 Å². The van der Waals surface area contributed by atoms with Crippen LogP contribution in [-0.4, -0.2) is 67.2 Å². The molecule has 2 aliphatic heterocycles. The lowest BCUT2D eigenvalue weighted by atomic mass is 10.0. The van der Waals surface area contributed by atoms with Crippen molar-refractivity contribution in [2.75, 3.05) is 39.4 Å². The summed E-state index contributed by atoms with van der Waals surface area (Å²) in [7, 11) is 0. The lowest BCUT2D eigenvalue weighted by Crippen LogP contribution is -2.50. The van der Waals surface area contributed by atoms with Crippen molar-refractivity contribution >= 4 is 11.9 Å². The number of likely N-dealkylation sites (tertiary alicyclic amines) is 1. The molecule has 3 rings (SSSR count). The molecule has 2 saturated heterocycles. The zero-order chi connectivity index (χ0) is 20.5. The van der Waals surface area contributed by atoms with Gasteiger partial charge < -0.3 is 14.4 Å². The van der Waals surface area contributed by atoms with Gasteiger partial charge in [0.2, 0.25) is 5.90 Å². The van der Waals surface area contributed by atoms with Crippen LogP contribution >= 0.6 is 0 Å². The Balaban J connectivity index is 0.00000136. The van der Waals surface area contributed by atoms with Gasteiger partial charge in [0.25, 0.3) is 6.02 Å². The van der Waals surface area contributed by atoms with Gasteiger partial charge in [0, 0.05) is 37.8 Å². The molecular weight excluding hydrogens is 352 g/mol. The standard InChI is InChI=1S/C20H30N4O2.C2H6/c1-15(2)16-3-5-17(6-4-16)19(21)26-20(22)24-9-7-18(8-10-24)23-11-13-25-14-12-23;1-2/h3-6,15,18,21-22H,7-14H2,1-2H3;1-2H3. The Morgan fingerprint density at radius 2 is 1.57 bits per heavy atom. The quantitative estimate of drug-likeness (QED) is 0.608. The molecule has 0 unspecified atom stereocenters. The highest BCUT2D eigenvalue weighted by molar-refractivity contribution is 5.98. The Labute approximate surface area is 169 Å². The van der Waals surface area contributed by atoms with Crippen molar-refractivity contribution in [2.45, 2.75) is 52.5 Å². The summed E-state index contributed by atoms with van der Waals surface area (Å²) in [6, 6.07) is 8.50. The van der Waals surface area contributed by atoms with Gasteiger partial charge in [-0.2, -0.15) is 0 Å². The molecular formula is C22H36N4O2. The van der Waals surface area contributed by atoms with Crippen molar-refractivity contribution in [1.29, 1.82) is 10.8 Å². The highest BCUT2D eigenvalue weighted by Gasteiger charge is 2.27.